The van der Waals surface area contributed by atoms with E-state index in [1.54, 1.807) is 120 Å². The van der Waals surface area contributed by atoms with Crippen LogP contribution in [0.25, 0.3) is 56.2 Å². The third kappa shape index (κ3) is 34.7. The molecule has 8 atom stereocenters. The Morgan fingerprint density at radius 3 is 1.14 bits per heavy atom. The van der Waals surface area contributed by atoms with E-state index >= 15 is 0 Å². The Kier molecular flexibility index (Phi) is 48.9. The van der Waals surface area contributed by atoms with Gasteiger partial charge in [0.15, 0.2) is 23.5 Å². The molecule has 20 nitrogen and oxygen atoms in total. The molecule has 10 rings (SSSR count). The van der Waals surface area contributed by atoms with Crippen LogP contribution in [0.3, 0.4) is 0 Å². The molecule has 0 fully saturated rings. The molecule has 554 valence electrons. The van der Waals surface area contributed by atoms with Crippen LogP contribution in [0.5, 0.6) is 23.5 Å². The zero-order chi connectivity index (χ0) is 71.5. The summed E-state index contributed by atoms with van der Waals surface area (Å²) in [5.74, 6) is 1.66. The van der Waals surface area contributed by atoms with Crippen molar-refractivity contribution in [3.8, 4) is 79.7 Å². The molecule has 1 aliphatic carbocycles. The van der Waals surface area contributed by atoms with Crippen molar-refractivity contribution < 1.29 is 145 Å². The SMILES string of the molecule is CC(O)CC(C)O.CC(O)CC(C)O.CC(O)CC(C)O.CC(O)CC(C)O.COc1nc(C)cnc1-c1[c-]cc(C)cc1.COc1nccnc1-c1[c-]cc(F)cc1.COc1nccnc1-c1[c-]cc2c(c1)C(C)(C)c1ccccc1-2.COc1nccnc1-c1[c-]cccc1.[Ir].[Ir].[Ir].[Ir]. The number of methoxy groups -OCH3 is 4. The van der Waals surface area contributed by atoms with Crippen LogP contribution in [0.4, 0.5) is 4.39 Å². The van der Waals surface area contributed by atoms with E-state index in [0.29, 0.717) is 60.5 Å². The van der Waals surface area contributed by atoms with Crippen LogP contribution in [0, 0.1) is 43.9 Å². The fourth-order valence-corrected chi connectivity index (χ4v) is 9.25. The molecule has 25 heteroatoms. The molecule has 1 aliphatic rings. The number of aliphatic hydroxyl groups is 8. The number of ether oxygens (including phenoxy) is 4. The van der Waals surface area contributed by atoms with Gasteiger partial charge in [-0.1, -0.05) is 56.2 Å². The van der Waals surface area contributed by atoms with Gasteiger partial charge < -0.3 is 59.8 Å². The van der Waals surface area contributed by atoms with Crippen molar-refractivity contribution in [3.05, 3.63) is 193 Å². The van der Waals surface area contributed by atoms with Crippen molar-refractivity contribution in [2.75, 3.05) is 28.4 Å². The topological polar surface area (TPSA) is 302 Å². The van der Waals surface area contributed by atoms with Crippen LogP contribution in [0.2, 0.25) is 0 Å². The summed E-state index contributed by atoms with van der Waals surface area (Å²) in [6, 6.07) is 42.9. The number of hydrogen-bond acceptors (Lipinski definition) is 20. The van der Waals surface area contributed by atoms with Crippen LogP contribution in [-0.4, -0.2) is 158 Å². The Morgan fingerprint density at radius 2 is 0.770 bits per heavy atom. The summed E-state index contributed by atoms with van der Waals surface area (Å²) in [7, 11) is 6.30. The van der Waals surface area contributed by atoms with E-state index in [1.807, 2.05) is 56.3 Å². The van der Waals surface area contributed by atoms with E-state index in [1.165, 1.54) is 53.3 Å². The summed E-state index contributed by atoms with van der Waals surface area (Å²) in [5, 5.41) is 68.5. The van der Waals surface area contributed by atoms with Crippen molar-refractivity contribution in [2.24, 2.45) is 0 Å². The number of rotatable bonds is 16. The molecular formula is C75H95FIr4N8O12-4. The average molecular weight is 2090 g/mol. The molecule has 4 radical (unpaired) electrons. The number of halogens is 1. The third-order valence-corrected chi connectivity index (χ3v) is 13.3. The molecule has 0 amide bonds. The first-order chi connectivity index (χ1) is 45.6. The first-order valence-electron chi connectivity index (χ1n) is 31.2. The predicted octanol–water partition coefficient (Wildman–Crippen LogP) is 11.4. The van der Waals surface area contributed by atoms with Gasteiger partial charge in [0, 0.05) is 152 Å². The quantitative estimate of drug-likeness (QED) is 0.0417. The maximum atomic E-state index is 12.7. The molecule has 0 aliphatic heterocycles. The van der Waals surface area contributed by atoms with Crippen LogP contribution in [0.15, 0.2) is 140 Å². The number of hydrogen-bond donors (Lipinski definition) is 8. The predicted molar refractivity (Wildman–Crippen MR) is 370 cm³/mol. The molecular weight excluding hydrogens is 1990 g/mol. The first-order valence-corrected chi connectivity index (χ1v) is 31.2. The second kappa shape index (κ2) is 51.0. The van der Waals surface area contributed by atoms with Crippen LogP contribution in [-0.2, 0) is 85.8 Å². The Hall–Kier alpha value is -6.17. The van der Waals surface area contributed by atoms with Gasteiger partial charge in [-0.15, -0.1) is 130 Å². The Bertz CT molecular complexity index is 3560. The van der Waals surface area contributed by atoms with Crippen LogP contribution >= 0.6 is 0 Å². The molecule has 0 spiro atoms. The molecule has 0 saturated carbocycles. The number of aromatic nitrogens is 8. The van der Waals surface area contributed by atoms with Gasteiger partial charge in [-0.3, -0.25) is 24.3 Å². The van der Waals surface area contributed by atoms with Gasteiger partial charge in [-0.25, -0.2) is 19.9 Å². The molecule has 9 aromatic rings. The average Bonchev–Trinajstić information content (AvgIpc) is 1.58. The van der Waals surface area contributed by atoms with Gasteiger partial charge in [0.2, 0.25) is 0 Å². The normalized spacial score (nSPS) is 13.1. The Morgan fingerprint density at radius 1 is 0.400 bits per heavy atom. The summed E-state index contributed by atoms with van der Waals surface area (Å²) >= 11 is 0. The fraction of sp³-hybridized carbons (Fsp3) is 0.387. The number of aryl methyl sites for hydroxylation is 2. The molecule has 5 aromatic carbocycles. The van der Waals surface area contributed by atoms with Crippen molar-refractivity contribution in [2.45, 2.75) is 163 Å². The number of aliphatic hydroxyl groups excluding tert-OH is 8. The summed E-state index contributed by atoms with van der Waals surface area (Å²) < 4.78 is 33.4. The monoisotopic (exact) mass is 2090 g/mol. The zero-order valence-corrected chi connectivity index (χ0v) is 68.8. The third-order valence-electron chi connectivity index (χ3n) is 13.3. The van der Waals surface area contributed by atoms with Gasteiger partial charge in [0.1, 0.15) is 0 Å². The van der Waals surface area contributed by atoms with Crippen molar-refractivity contribution >= 4 is 0 Å². The van der Waals surface area contributed by atoms with E-state index in [-0.39, 0.29) is 140 Å². The molecule has 4 heterocycles. The van der Waals surface area contributed by atoms with E-state index < -0.39 is 0 Å². The van der Waals surface area contributed by atoms with E-state index in [2.05, 4.69) is 114 Å². The van der Waals surface area contributed by atoms with Gasteiger partial charge in [0.25, 0.3) is 0 Å². The van der Waals surface area contributed by atoms with E-state index in [9.17, 15) is 4.39 Å². The van der Waals surface area contributed by atoms with Crippen molar-refractivity contribution in [3.63, 3.8) is 0 Å². The minimum absolute atomic E-state index is 0. The maximum absolute atomic E-state index is 12.7. The van der Waals surface area contributed by atoms with E-state index in [4.69, 9.17) is 59.8 Å². The molecule has 0 bridgehead atoms. The summed E-state index contributed by atoms with van der Waals surface area (Å²) in [6.07, 6.45) is 10.3. The van der Waals surface area contributed by atoms with E-state index in [0.717, 1.165) is 39.5 Å². The molecule has 8 N–H and O–H groups in total. The summed E-state index contributed by atoms with van der Waals surface area (Å²) in [4.78, 5) is 33.7. The second-order valence-corrected chi connectivity index (χ2v) is 23.2. The Labute approximate surface area is 643 Å². The molecule has 8 unspecified atom stereocenters. The first kappa shape index (κ1) is 95.9. The van der Waals surface area contributed by atoms with Crippen molar-refractivity contribution in [1.82, 2.24) is 39.9 Å². The standard InChI is InChI=1S/C20H17N2O.C13H13N2O.C11H8FN2O.C11H9N2O.4C5H12O2.4Ir/c1-20(2)16-7-5-4-6-14(16)15-9-8-13(12-17(15)20)18-19(23-3)22-11-10-21-18;1-9-4-6-11(7-5-9)12-13(16-3)15-10(2)8-14-12;1-15-11-10(13-6-7-14-11)8-2-4-9(12)5-3-8;1-14-11-10(12-7-8-13-11)9-5-3-2-4-6-9;4*1-4(6)3-5(2)7;;;;/h4-7,9-12H,1-3H3;4-6,8H,1-3H3;2,4-7H,1H3;2-5,7-8H,1H3;4*4-7H,3H2,1-2H3;;;;/q4*-1;;;;;;;;. The largest absolute Gasteiger partial charge is 0.486 e. The van der Waals surface area contributed by atoms with Crippen molar-refractivity contribution in [1.29, 1.82) is 0 Å². The zero-order valence-electron chi connectivity index (χ0n) is 59.2. The van der Waals surface area contributed by atoms with Gasteiger partial charge >= 0.3 is 0 Å². The minimum atomic E-state index is -0.375. The number of nitrogens with zero attached hydrogens (tertiary/aromatic N) is 8. The van der Waals surface area contributed by atoms with Crippen LogP contribution in [0.1, 0.15) is 117 Å². The van der Waals surface area contributed by atoms with Crippen LogP contribution < -0.4 is 18.9 Å². The molecule has 0 saturated heterocycles. The minimum Gasteiger partial charge on any atom is -0.486 e. The summed E-state index contributed by atoms with van der Waals surface area (Å²) in [6.45, 7) is 21.7. The smallest absolute Gasteiger partial charge is 0.194 e. The molecule has 100 heavy (non-hydrogen) atoms. The summed E-state index contributed by atoms with van der Waals surface area (Å²) in [5.41, 5.74) is 13.2. The van der Waals surface area contributed by atoms with Gasteiger partial charge in [-0.2, -0.15) is 0 Å². The fourth-order valence-electron chi connectivity index (χ4n) is 9.25. The van der Waals surface area contributed by atoms with Gasteiger partial charge in [-0.05, 0) is 99.0 Å². The number of benzene rings is 5. The Balaban J connectivity index is 0. The number of fused-ring (bicyclic) bond motifs is 3. The molecule has 4 aromatic heterocycles. The maximum Gasteiger partial charge on any atom is 0.194 e. The second-order valence-electron chi connectivity index (χ2n) is 23.2. The van der Waals surface area contributed by atoms with Gasteiger partial charge in [0.05, 0.1) is 83.0 Å².